The maximum Gasteiger partial charge on any atom is 0.137 e. The van der Waals surface area contributed by atoms with Crippen molar-refractivity contribution in [3.8, 4) is 10.6 Å². The Hall–Kier alpha value is -1.57. The van der Waals surface area contributed by atoms with E-state index >= 15 is 0 Å². The van der Waals surface area contributed by atoms with E-state index in [2.05, 4.69) is 37.2 Å². The van der Waals surface area contributed by atoms with Crippen molar-refractivity contribution >= 4 is 22.7 Å². The van der Waals surface area contributed by atoms with E-state index in [4.69, 9.17) is 4.98 Å². The first kappa shape index (κ1) is 15.0. The predicted octanol–water partition coefficient (Wildman–Crippen LogP) is 3.52. The maximum absolute atomic E-state index is 4.83. The van der Waals surface area contributed by atoms with Gasteiger partial charge in [-0.1, -0.05) is 6.42 Å². The van der Waals surface area contributed by atoms with Crippen molar-refractivity contribution in [3.05, 3.63) is 40.6 Å². The molecule has 0 unspecified atom stereocenters. The van der Waals surface area contributed by atoms with E-state index in [-0.39, 0.29) is 0 Å². The van der Waals surface area contributed by atoms with Crippen LogP contribution >= 0.6 is 22.7 Å². The molecule has 1 atom stereocenters. The standard InChI is InChI=1S/C16H19N5S2/c1-2-5-20(15(3-1)8-21-12-17-11-18-21)7-14-10-23-16(19-14)13-4-6-22-9-13/h4,6,9-12,15H,1-3,5,7-8H2/t15-/m0/s1. The Morgan fingerprint density at radius 2 is 2.26 bits per heavy atom. The van der Waals surface area contributed by atoms with Gasteiger partial charge in [0.25, 0.3) is 0 Å². The first-order valence-corrected chi connectivity index (χ1v) is 9.74. The molecule has 1 aliphatic heterocycles. The molecule has 0 bridgehead atoms. The summed E-state index contributed by atoms with van der Waals surface area (Å²) >= 11 is 3.47. The average Bonchev–Trinajstić information content (AvgIpc) is 3.31. The van der Waals surface area contributed by atoms with E-state index in [9.17, 15) is 0 Å². The maximum atomic E-state index is 4.83. The summed E-state index contributed by atoms with van der Waals surface area (Å²) in [6, 6.07) is 2.67. The molecule has 0 spiro atoms. The molecule has 1 saturated heterocycles. The molecule has 0 aromatic carbocycles. The Morgan fingerprint density at radius 1 is 1.26 bits per heavy atom. The zero-order valence-corrected chi connectivity index (χ0v) is 14.5. The van der Waals surface area contributed by atoms with Gasteiger partial charge in [0.15, 0.2) is 0 Å². The summed E-state index contributed by atoms with van der Waals surface area (Å²) in [6.07, 6.45) is 7.22. The second-order valence-electron chi connectivity index (χ2n) is 5.89. The molecule has 120 valence electrons. The number of hydrogen-bond donors (Lipinski definition) is 0. The van der Waals surface area contributed by atoms with Gasteiger partial charge in [0.05, 0.1) is 12.2 Å². The molecule has 0 saturated carbocycles. The first-order chi connectivity index (χ1) is 11.4. The van der Waals surface area contributed by atoms with Gasteiger partial charge < -0.3 is 0 Å². The second-order valence-corrected chi connectivity index (χ2v) is 7.53. The number of thiazole rings is 1. The lowest BCUT2D eigenvalue weighted by Gasteiger charge is -2.35. The van der Waals surface area contributed by atoms with E-state index in [0.717, 1.165) is 24.6 Å². The summed E-state index contributed by atoms with van der Waals surface area (Å²) < 4.78 is 1.95. The number of rotatable bonds is 5. The van der Waals surface area contributed by atoms with Gasteiger partial charge in [0.1, 0.15) is 17.7 Å². The van der Waals surface area contributed by atoms with Crippen LogP contribution in [0.5, 0.6) is 0 Å². The van der Waals surface area contributed by atoms with Crippen LogP contribution in [-0.2, 0) is 13.1 Å². The lowest BCUT2D eigenvalue weighted by Crippen LogP contribution is -2.41. The van der Waals surface area contributed by atoms with Crippen molar-refractivity contribution < 1.29 is 0 Å². The molecule has 0 radical (unpaired) electrons. The minimum atomic E-state index is 0.525. The quantitative estimate of drug-likeness (QED) is 0.710. The van der Waals surface area contributed by atoms with Crippen molar-refractivity contribution in [2.45, 2.75) is 38.4 Å². The Kier molecular flexibility index (Phi) is 4.50. The molecule has 4 heterocycles. The van der Waals surface area contributed by atoms with Crippen molar-refractivity contribution in [3.63, 3.8) is 0 Å². The monoisotopic (exact) mass is 345 g/mol. The summed E-state index contributed by atoms with van der Waals surface area (Å²) in [5.41, 5.74) is 2.42. The van der Waals surface area contributed by atoms with Gasteiger partial charge in [0.2, 0.25) is 0 Å². The summed E-state index contributed by atoms with van der Waals surface area (Å²) in [4.78, 5) is 11.4. The minimum absolute atomic E-state index is 0.525. The SMILES string of the molecule is c1ncn(C[C@@H]2CCCCN2Cc2csc(-c3ccsc3)n2)n1. The molecule has 1 aliphatic rings. The molecular formula is C16H19N5S2. The second kappa shape index (κ2) is 6.90. The molecule has 3 aromatic rings. The van der Waals surface area contributed by atoms with Crippen molar-refractivity contribution in [1.82, 2.24) is 24.6 Å². The van der Waals surface area contributed by atoms with E-state index in [0.29, 0.717) is 6.04 Å². The molecule has 5 nitrogen and oxygen atoms in total. The third-order valence-electron chi connectivity index (χ3n) is 4.30. The lowest BCUT2D eigenvalue weighted by molar-refractivity contribution is 0.120. The Labute approximate surface area is 143 Å². The smallest absolute Gasteiger partial charge is 0.137 e. The number of hydrogen-bond acceptors (Lipinski definition) is 6. The molecule has 4 rings (SSSR count). The minimum Gasteiger partial charge on any atom is -0.293 e. The van der Waals surface area contributed by atoms with Gasteiger partial charge in [-0.15, -0.1) is 11.3 Å². The van der Waals surface area contributed by atoms with Crippen LogP contribution in [0.1, 0.15) is 25.0 Å². The molecule has 3 aromatic heterocycles. The van der Waals surface area contributed by atoms with Gasteiger partial charge >= 0.3 is 0 Å². The molecule has 0 amide bonds. The van der Waals surface area contributed by atoms with Gasteiger partial charge in [-0.25, -0.2) is 9.97 Å². The summed E-state index contributed by atoms with van der Waals surface area (Å²) in [7, 11) is 0. The van der Waals surface area contributed by atoms with Crippen LogP contribution in [0.15, 0.2) is 34.9 Å². The normalized spacial score (nSPS) is 19.2. The van der Waals surface area contributed by atoms with E-state index < -0.39 is 0 Å². The van der Waals surface area contributed by atoms with Crippen LogP contribution in [0.25, 0.3) is 10.6 Å². The third kappa shape index (κ3) is 3.52. The van der Waals surface area contributed by atoms with Crippen LogP contribution in [0, 0.1) is 0 Å². The van der Waals surface area contributed by atoms with Crippen LogP contribution < -0.4 is 0 Å². The van der Waals surface area contributed by atoms with Crippen LogP contribution in [-0.4, -0.2) is 37.2 Å². The summed E-state index contributed by atoms with van der Waals surface area (Å²) in [5.74, 6) is 0. The van der Waals surface area contributed by atoms with Crippen LogP contribution in [0.3, 0.4) is 0 Å². The van der Waals surface area contributed by atoms with E-state index in [1.807, 2.05) is 11.0 Å². The molecule has 1 fully saturated rings. The molecule has 23 heavy (non-hydrogen) atoms. The molecule has 0 aliphatic carbocycles. The highest BCUT2D eigenvalue weighted by Gasteiger charge is 2.24. The van der Waals surface area contributed by atoms with Crippen molar-refractivity contribution in [2.75, 3.05) is 6.54 Å². The Balaban J connectivity index is 1.45. The highest BCUT2D eigenvalue weighted by molar-refractivity contribution is 7.14. The highest BCUT2D eigenvalue weighted by Crippen LogP contribution is 2.27. The Bertz CT molecular complexity index is 720. The molecular weight excluding hydrogens is 326 g/mol. The first-order valence-electron chi connectivity index (χ1n) is 7.92. The van der Waals surface area contributed by atoms with Gasteiger partial charge in [-0.3, -0.25) is 9.58 Å². The molecule has 7 heteroatoms. The number of likely N-dealkylation sites (tertiary alicyclic amines) is 1. The van der Waals surface area contributed by atoms with Gasteiger partial charge in [-0.2, -0.15) is 16.4 Å². The zero-order valence-electron chi connectivity index (χ0n) is 12.8. The average molecular weight is 345 g/mol. The fourth-order valence-corrected chi connectivity index (χ4v) is 4.65. The van der Waals surface area contributed by atoms with E-state index in [1.54, 1.807) is 29.0 Å². The number of nitrogens with zero attached hydrogens (tertiary/aromatic N) is 5. The third-order valence-corrected chi connectivity index (χ3v) is 5.92. The predicted molar refractivity (Wildman–Crippen MR) is 93.5 cm³/mol. The fraction of sp³-hybridized carbons (Fsp3) is 0.438. The summed E-state index contributed by atoms with van der Waals surface area (Å²) in [6.45, 7) is 2.99. The molecule has 0 N–H and O–H groups in total. The highest BCUT2D eigenvalue weighted by atomic mass is 32.1. The Morgan fingerprint density at radius 3 is 3.09 bits per heavy atom. The van der Waals surface area contributed by atoms with Crippen molar-refractivity contribution in [2.24, 2.45) is 0 Å². The zero-order chi connectivity index (χ0) is 15.5. The number of piperidine rings is 1. The number of aromatic nitrogens is 4. The van der Waals surface area contributed by atoms with Gasteiger partial charge in [-0.05, 0) is 30.8 Å². The van der Waals surface area contributed by atoms with Crippen LogP contribution in [0.4, 0.5) is 0 Å². The lowest BCUT2D eigenvalue weighted by atomic mass is 10.0. The van der Waals surface area contributed by atoms with Gasteiger partial charge in [0, 0.05) is 28.9 Å². The largest absolute Gasteiger partial charge is 0.293 e. The van der Waals surface area contributed by atoms with Crippen LogP contribution in [0.2, 0.25) is 0 Å². The topological polar surface area (TPSA) is 46.8 Å². The van der Waals surface area contributed by atoms with E-state index in [1.165, 1.54) is 30.5 Å². The fourth-order valence-electron chi connectivity index (χ4n) is 3.12. The summed E-state index contributed by atoms with van der Waals surface area (Å²) in [5, 5.41) is 11.9. The van der Waals surface area contributed by atoms with Crippen molar-refractivity contribution in [1.29, 1.82) is 0 Å². The number of thiophene rings is 1.